The molecule has 0 amide bonds. The van der Waals surface area contributed by atoms with Gasteiger partial charge in [0.1, 0.15) is 34.6 Å². The number of rotatable bonds is 8. The monoisotopic (exact) mass is 634 g/mol. The van der Waals surface area contributed by atoms with Gasteiger partial charge in [0.05, 0.1) is 0 Å². The number of hydrogen-bond donors (Lipinski definition) is 0. The summed E-state index contributed by atoms with van der Waals surface area (Å²) in [6.45, 7) is 1.99. The van der Waals surface area contributed by atoms with Gasteiger partial charge in [-0.05, 0) is 91.8 Å². The molecule has 1 fully saturated rings. The number of allylic oxidation sites excluding steroid dienone is 2. The van der Waals surface area contributed by atoms with E-state index in [0.29, 0.717) is 18.1 Å². The highest BCUT2D eigenvalue weighted by atomic mass is 19.3. The summed E-state index contributed by atoms with van der Waals surface area (Å²) in [4.78, 5) is 0. The second-order valence-corrected chi connectivity index (χ2v) is 11.1. The van der Waals surface area contributed by atoms with Gasteiger partial charge in [-0.3, -0.25) is 0 Å². The van der Waals surface area contributed by atoms with Crippen molar-refractivity contribution >= 4 is 0 Å². The van der Waals surface area contributed by atoms with Crippen molar-refractivity contribution in [2.75, 3.05) is 0 Å². The van der Waals surface area contributed by atoms with Crippen molar-refractivity contribution in [2.24, 2.45) is 5.92 Å². The lowest BCUT2D eigenvalue weighted by molar-refractivity contribution is -0.189. The largest absolute Gasteiger partial charge is 0.432 e. The predicted octanol–water partition coefficient (Wildman–Crippen LogP) is 11.4. The molecule has 0 N–H and O–H groups in total. The first kappa shape index (κ1) is 32.2. The molecule has 1 nitrogen and oxygen atoms in total. The lowest BCUT2D eigenvalue weighted by Crippen LogP contribution is -2.25. The Morgan fingerprint density at radius 1 is 0.667 bits per heavy atom. The van der Waals surface area contributed by atoms with E-state index in [1.54, 1.807) is 6.07 Å². The third-order valence-electron chi connectivity index (χ3n) is 8.14. The average molecular weight is 635 g/mol. The Kier molecular flexibility index (Phi) is 9.32. The third-order valence-corrected chi connectivity index (χ3v) is 8.14. The molecular formula is C35H27F9O. The molecule has 1 aliphatic rings. The molecule has 1 saturated carbocycles. The Morgan fingerprint density at radius 2 is 1.22 bits per heavy atom. The number of ether oxygens (including phenoxy) is 1. The van der Waals surface area contributed by atoms with Crippen LogP contribution in [0.15, 0.2) is 72.8 Å². The first-order chi connectivity index (χ1) is 21.4. The molecule has 10 heteroatoms. The van der Waals surface area contributed by atoms with Crippen LogP contribution in [0.25, 0.3) is 22.3 Å². The van der Waals surface area contributed by atoms with Crippen LogP contribution in [0.3, 0.4) is 0 Å². The normalized spacial score (nSPS) is 17.2. The van der Waals surface area contributed by atoms with Crippen LogP contribution < -0.4 is 4.74 Å². The summed E-state index contributed by atoms with van der Waals surface area (Å²) in [5, 5.41) is 0. The zero-order valence-electron chi connectivity index (χ0n) is 23.9. The van der Waals surface area contributed by atoms with Gasteiger partial charge in [-0.2, -0.15) is 8.78 Å². The molecule has 0 spiro atoms. The summed E-state index contributed by atoms with van der Waals surface area (Å²) in [7, 11) is 0. The highest BCUT2D eigenvalue weighted by molar-refractivity contribution is 5.72. The predicted molar refractivity (Wildman–Crippen MR) is 152 cm³/mol. The van der Waals surface area contributed by atoms with E-state index in [2.05, 4.69) is 10.8 Å². The van der Waals surface area contributed by atoms with Crippen molar-refractivity contribution in [1.82, 2.24) is 0 Å². The van der Waals surface area contributed by atoms with E-state index in [1.807, 2.05) is 19.1 Å². The van der Waals surface area contributed by atoms with Gasteiger partial charge in [0.2, 0.25) is 0 Å². The smallest absolute Gasteiger partial charge is 0.429 e. The van der Waals surface area contributed by atoms with Gasteiger partial charge in [0, 0.05) is 23.3 Å². The standard InChI is InChI=1S/C35H27F9O/c1-2-3-4-19-5-7-20(8-6-19)21-9-11-25(27(36)13-21)22-10-12-26(28(37)14-22)23-15-29(38)33(30(39)16-23)35(43,44)45-24-17-31(40)34(42)32(41)18-24/h2-3,9-20H,4-8H2,1H3/b3-2-. The lowest BCUT2D eigenvalue weighted by atomic mass is 9.77. The zero-order chi connectivity index (χ0) is 32.5. The Labute approximate surface area is 254 Å². The molecule has 0 bridgehead atoms. The van der Waals surface area contributed by atoms with E-state index in [4.69, 9.17) is 0 Å². The zero-order valence-corrected chi connectivity index (χ0v) is 23.9. The first-order valence-corrected chi connectivity index (χ1v) is 14.3. The maximum atomic E-state index is 15.2. The third kappa shape index (κ3) is 6.89. The van der Waals surface area contributed by atoms with Crippen molar-refractivity contribution in [1.29, 1.82) is 0 Å². The molecule has 0 radical (unpaired) electrons. The van der Waals surface area contributed by atoms with Crippen LogP contribution in [0.5, 0.6) is 5.75 Å². The maximum absolute atomic E-state index is 15.2. The fourth-order valence-corrected chi connectivity index (χ4v) is 5.79. The van der Waals surface area contributed by atoms with Crippen LogP contribution in [0.2, 0.25) is 0 Å². The van der Waals surface area contributed by atoms with Gasteiger partial charge in [0.25, 0.3) is 0 Å². The van der Waals surface area contributed by atoms with Crippen LogP contribution in [-0.4, -0.2) is 0 Å². The van der Waals surface area contributed by atoms with E-state index in [1.165, 1.54) is 12.1 Å². The van der Waals surface area contributed by atoms with Crippen molar-refractivity contribution in [3.8, 4) is 28.0 Å². The van der Waals surface area contributed by atoms with Crippen molar-refractivity contribution in [2.45, 2.75) is 51.1 Å². The number of halogens is 9. The van der Waals surface area contributed by atoms with E-state index in [-0.39, 0.29) is 34.7 Å². The van der Waals surface area contributed by atoms with E-state index < -0.39 is 63.7 Å². The van der Waals surface area contributed by atoms with Crippen LogP contribution in [0.4, 0.5) is 39.5 Å². The van der Waals surface area contributed by atoms with Gasteiger partial charge in [-0.25, -0.2) is 30.7 Å². The van der Waals surface area contributed by atoms with Crippen LogP contribution in [-0.2, 0) is 6.11 Å². The van der Waals surface area contributed by atoms with Gasteiger partial charge in [0.15, 0.2) is 17.5 Å². The van der Waals surface area contributed by atoms with Crippen LogP contribution in [0.1, 0.15) is 56.1 Å². The van der Waals surface area contributed by atoms with E-state index in [9.17, 15) is 30.7 Å². The maximum Gasteiger partial charge on any atom is 0.432 e. The summed E-state index contributed by atoms with van der Waals surface area (Å²) in [6.07, 6.45) is 4.42. The minimum Gasteiger partial charge on any atom is -0.429 e. The second-order valence-electron chi connectivity index (χ2n) is 11.1. The molecule has 4 aromatic carbocycles. The Balaban J connectivity index is 1.35. The van der Waals surface area contributed by atoms with Gasteiger partial charge in [-0.1, -0.05) is 36.4 Å². The minimum atomic E-state index is -4.79. The van der Waals surface area contributed by atoms with Gasteiger partial charge >= 0.3 is 6.11 Å². The highest BCUT2D eigenvalue weighted by Gasteiger charge is 2.41. The Morgan fingerprint density at radius 3 is 1.80 bits per heavy atom. The average Bonchev–Trinajstić information content (AvgIpc) is 2.98. The van der Waals surface area contributed by atoms with Crippen molar-refractivity contribution in [3.05, 3.63) is 125 Å². The molecule has 0 aromatic heterocycles. The molecule has 5 rings (SSSR count). The summed E-state index contributed by atoms with van der Waals surface area (Å²) in [5.74, 6) is -11.3. The number of hydrogen-bond acceptors (Lipinski definition) is 1. The van der Waals surface area contributed by atoms with Crippen LogP contribution in [0, 0.1) is 46.6 Å². The molecule has 1 aliphatic carbocycles. The van der Waals surface area contributed by atoms with E-state index >= 15 is 8.78 Å². The molecule has 0 aliphatic heterocycles. The molecular weight excluding hydrogens is 607 g/mol. The Hall–Kier alpha value is -4.21. The topological polar surface area (TPSA) is 9.23 Å². The molecule has 45 heavy (non-hydrogen) atoms. The van der Waals surface area contributed by atoms with Crippen molar-refractivity contribution < 1.29 is 44.3 Å². The number of benzene rings is 4. The van der Waals surface area contributed by atoms with Crippen molar-refractivity contribution in [3.63, 3.8) is 0 Å². The molecule has 0 atom stereocenters. The quantitative estimate of drug-likeness (QED) is 0.106. The van der Waals surface area contributed by atoms with Gasteiger partial charge in [-0.15, -0.1) is 0 Å². The highest BCUT2D eigenvalue weighted by Crippen LogP contribution is 2.40. The number of alkyl halides is 2. The fourth-order valence-electron chi connectivity index (χ4n) is 5.79. The summed E-state index contributed by atoms with van der Waals surface area (Å²) < 4.78 is 133. The molecule has 0 saturated heterocycles. The summed E-state index contributed by atoms with van der Waals surface area (Å²) in [5.41, 5.74) is -1.59. The first-order valence-electron chi connectivity index (χ1n) is 14.3. The van der Waals surface area contributed by atoms with E-state index in [0.717, 1.165) is 49.8 Å². The lowest BCUT2D eigenvalue weighted by Gasteiger charge is -2.28. The van der Waals surface area contributed by atoms with Crippen LogP contribution >= 0.6 is 0 Å². The molecule has 0 unspecified atom stereocenters. The molecule has 236 valence electrons. The van der Waals surface area contributed by atoms with Gasteiger partial charge < -0.3 is 4.74 Å². The molecule has 0 heterocycles. The SMILES string of the molecule is C/C=C\CC1CCC(c2ccc(-c3ccc(-c4cc(F)c(C(F)(F)Oc5cc(F)c(F)c(F)c5)c(F)c4)c(F)c3)c(F)c2)CC1. The second kappa shape index (κ2) is 13.0. The molecule has 4 aromatic rings. The summed E-state index contributed by atoms with van der Waals surface area (Å²) >= 11 is 0. The fraction of sp³-hybridized carbons (Fsp3) is 0.257. The Bertz CT molecular complexity index is 1690. The minimum absolute atomic E-state index is 0.0847. The summed E-state index contributed by atoms with van der Waals surface area (Å²) in [6, 6.07) is 9.28.